The fourth-order valence-corrected chi connectivity index (χ4v) is 2.61. The van der Waals surface area contributed by atoms with Crippen molar-refractivity contribution in [2.45, 2.75) is 38.5 Å². The van der Waals surface area contributed by atoms with Gasteiger partial charge in [0.1, 0.15) is 0 Å². The number of amides is 1. The lowest BCUT2D eigenvalue weighted by molar-refractivity contribution is -0.127. The summed E-state index contributed by atoms with van der Waals surface area (Å²) in [6.07, 6.45) is 0. The van der Waals surface area contributed by atoms with E-state index in [-0.39, 0.29) is 18.1 Å². The van der Waals surface area contributed by atoms with E-state index in [1.54, 1.807) is 0 Å². The molecule has 1 unspecified atom stereocenters. The van der Waals surface area contributed by atoms with Gasteiger partial charge in [0, 0.05) is 5.54 Å². The quantitative estimate of drug-likeness (QED) is 0.748. The molecule has 2 aliphatic rings. The first-order chi connectivity index (χ1) is 9.41. The van der Waals surface area contributed by atoms with E-state index in [1.165, 1.54) is 0 Å². The predicted molar refractivity (Wildman–Crippen MR) is 76.2 cm³/mol. The van der Waals surface area contributed by atoms with E-state index >= 15 is 0 Å². The summed E-state index contributed by atoms with van der Waals surface area (Å²) in [7, 11) is 0. The molecule has 20 heavy (non-hydrogen) atoms. The van der Waals surface area contributed by atoms with E-state index in [4.69, 9.17) is 4.74 Å². The lowest BCUT2D eigenvalue weighted by Crippen LogP contribution is -2.48. The van der Waals surface area contributed by atoms with Crippen molar-refractivity contribution in [3.8, 4) is 0 Å². The first-order valence-corrected chi connectivity index (χ1v) is 6.76. The molecule has 3 rings (SSSR count). The van der Waals surface area contributed by atoms with Crippen molar-refractivity contribution in [3.05, 3.63) is 35.4 Å². The van der Waals surface area contributed by atoms with Gasteiger partial charge in [0.05, 0.1) is 13.2 Å². The highest BCUT2D eigenvalue weighted by atomic mass is 16.5. The number of carbonyl (C=O) groups is 1. The molecule has 0 saturated heterocycles. The number of carbonyl (C=O) groups excluding carboxylic acids is 1. The first-order valence-electron chi connectivity index (χ1n) is 6.76. The standard InChI is InChI=1S/C15H19N3O2/c1-14(2,3)17-13-16-12(19)15(18-13)9-20-8-10-6-4-5-7-11(10)15/h4-7H,8-9H2,1-3H3,(H2,16,17,18,19). The van der Waals surface area contributed by atoms with Crippen LogP contribution < -0.4 is 10.6 Å². The minimum atomic E-state index is -0.942. The third kappa shape index (κ3) is 2.08. The molecule has 1 atom stereocenters. The van der Waals surface area contributed by atoms with Crippen LogP contribution in [-0.2, 0) is 21.7 Å². The van der Waals surface area contributed by atoms with Crippen LogP contribution in [0.2, 0.25) is 0 Å². The van der Waals surface area contributed by atoms with Gasteiger partial charge in [-0.25, -0.2) is 4.99 Å². The number of ether oxygens (including phenoxy) is 1. The highest BCUT2D eigenvalue weighted by molar-refractivity contribution is 6.08. The number of nitrogens with zero attached hydrogens (tertiary/aromatic N) is 1. The Morgan fingerprint density at radius 1 is 1.35 bits per heavy atom. The molecular formula is C15H19N3O2. The Hall–Kier alpha value is -1.88. The normalized spacial score (nSPS) is 25.1. The summed E-state index contributed by atoms with van der Waals surface area (Å²) in [4.78, 5) is 17.1. The number of hydrogen-bond donors (Lipinski definition) is 2. The zero-order valence-corrected chi connectivity index (χ0v) is 12.0. The second kappa shape index (κ2) is 4.31. The molecule has 2 N–H and O–H groups in total. The number of benzene rings is 1. The number of hydrogen-bond acceptors (Lipinski definition) is 4. The van der Waals surface area contributed by atoms with Crippen LogP contribution in [0.15, 0.2) is 29.3 Å². The number of guanidine groups is 1. The van der Waals surface area contributed by atoms with Crippen molar-refractivity contribution >= 4 is 11.9 Å². The molecule has 2 heterocycles. The maximum Gasteiger partial charge on any atom is 0.261 e. The number of rotatable bonds is 0. The summed E-state index contributed by atoms with van der Waals surface area (Å²) in [6.45, 7) is 6.89. The van der Waals surface area contributed by atoms with E-state index in [2.05, 4.69) is 15.6 Å². The van der Waals surface area contributed by atoms with Crippen molar-refractivity contribution in [2.24, 2.45) is 4.99 Å². The van der Waals surface area contributed by atoms with Crippen molar-refractivity contribution in [3.63, 3.8) is 0 Å². The minimum absolute atomic E-state index is 0.128. The number of fused-ring (bicyclic) bond motifs is 2. The van der Waals surface area contributed by atoms with Crippen molar-refractivity contribution in [1.82, 2.24) is 10.6 Å². The largest absolute Gasteiger partial charge is 0.373 e. The molecule has 106 valence electrons. The molecule has 1 amide bonds. The topological polar surface area (TPSA) is 62.7 Å². The van der Waals surface area contributed by atoms with Gasteiger partial charge >= 0.3 is 0 Å². The van der Waals surface area contributed by atoms with Crippen LogP contribution in [-0.4, -0.2) is 24.0 Å². The molecule has 0 fully saturated rings. The highest BCUT2D eigenvalue weighted by Crippen LogP contribution is 2.36. The molecule has 5 heteroatoms. The van der Waals surface area contributed by atoms with Crippen molar-refractivity contribution in [1.29, 1.82) is 0 Å². The maximum atomic E-state index is 12.5. The molecule has 0 aromatic heterocycles. The SMILES string of the molecule is CC(C)(C)NC1=NC2(COCc3ccccc32)C(=O)N1. The number of nitrogens with one attached hydrogen (secondary N) is 2. The molecule has 0 aliphatic carbocycles. The van der Waals surface area contributed by atoms with E-state index < -0.39 is 5.54 Å². The summed E-state index contributed by atoms with van der Waals surface area (Å²) in [5.74, 6) is 0.388. The van der Waals surface area contributed by atoms with Crippen LogP contribution in [0.5, 0.6) is 0 Å². The Bertz CT molecular complexity index is 589. The number of aliphatic imine (C=N–C) groups is 1. The van der Waals surface area contributed by atoms with Crippen LogP contribution in [0.1, 0.15) is 31.9 Å². The van der Waals surface area contributed by atoms with Crippen molar-refractivity contribution < 1.29 is 9.53 Å². The summed E-state index contributed by atoms with van der Waals surface area (Å²) in [6, 6.07) is 7.82. The van der Waals surface area contributed by atoms with E-state index in [0.717, 1.165) is 11.1 Å². The zero-order valence-electron chi connectivity index (χ0n) is 12.0. The molecule has 0 saturated carbocycles. The van der Waals surface area contributed by atoms with Crippen LogP contribution in [0.25, 0.3) is 0 Å². The molecular weight excluding hydrogens is 254 g/mol. The Morgan fingerprint density at radius 2 is 2.10 bits per heavy atom. The molecule has 1 aromatic rings. The monoisotopic (exact) mass is 273 g/mol. The first kappa shape index (κ1) is 13.1. The Morgan fingerprint density at radius 3 is 2.85 bits per heavy atom. The molecule has 0 radical (unpaired) electrons. The maximum absolute atomic E-state index is 12.5. The molecule has 1 aromatic carbocycles. The van der Waals surface area contributed by atoms with Gasteiger partial charge in [0.2, 0.25) is 0 Å². The van der Waals surface area contributed by atoms with Crippen LogP contribution in [0.3, 0.4) is 0 Å². The van der Waals surface area contributed by atoms with E-state index in [1.807, 2.05) is 45.0 Å². The second-order valence-electron chi connectivity index (χ2n) is 6.30. The average Bonchev–Trinajstić information content (AvgIpc) is 2.65. The molecule has 0 bridgehead atoms. The van der Waals surface area contributed by atoms with Gasteiger partial charge in [-0.15, -0.1) is 0 Å². The van der Waals surface area contributed by atoms with Crippen LogP contribution in [0, 0.1) is 0 Å². The fraction of sp³-hybridized carbons (Fsp3) is 0.467. The zero-order chi connectivity index (χ0) is 14.4. The summed E-state index contributed by atoms with van der Waals surface area (Å²) in [5.41, 5.74) is 0.860. The Kier molecular flexibility index (Phi) is 2.83. The molecule has 1 spiro atoms. The van der Waals surface area contributed by atoms with Crippen LogP contribution >= 0.6 is 0 Å². The van der Waals surface area contributed by atoms with E-state index in [9.17, 15) is 4.79 Å². The predicted octanol–water partition coefficient (Wildman–Crippen LogP) is 1.29. The third-order valence-corrected chi connectivity index (χ3v) is 3.44. The minimum Gasteiger partial charge on any atom is -0.373 e. The molecule has 2 aliphatic heterocycles. The molecule has 5 nitrogen and oxygen atoms in total. The summed E-state index contributed by atoms with van der Waals surface area (Å²) < 4.78 is 5.59. The van der Waals surface area contributed by atoms with Crippen LogP contribution in [0.4, 0.5) is 0 Å². The highest BCUT2D eigenvalue weighted by Gasteiger charge is 2.49. The fourth-order valence-electron chi connectivity index (χ4n) is 2.61. The van der Waals surface area contributed by atoms with Gasteiger partial charge < -0.3 is 10.1 Å². The lowest BCUT2D eigenvalue weighted by atomic mass is 9.86. The summed E-state index contributed by atoms with van der Waals surface area (Å²) >= 11 is 0. The van der Waals surface area contributed by atoms with Gasteiger partial charge in [-0.3, -0.25) is 10.1 Å². The third-order valence-electron chi connectivity index (χ3n) is 3.44. The average molecular weight is 273 g/mol. The van der Waals surface area contributed by atoms with Gasteiger partial charge in [0.15, 0.2) is 11.5 Å². The lowest BCUT2D eigenvalue weighted by Gasteiger charge is -2.30. The second-order valence-corrected chi connectivity index (χ2v) is 6.30. The van der Waals surface area contributed by atoms with Gasteiger partial charge in [-0.2, -0.15) is 0 Å². The van der Waals surface area contributed by atoms with Gasteiger partial charge in [0.25, 0.3) is 5.91 Å². The summed E-state index contributed by atoms with van der Waals surface area (Å²) in [5, 5.41) is 6.05. The Balaban J connectivity index is 2.03. The van der Waals surface area contributed by atoms with Gasteiger partial charge in [-0.05, 0) is 31.9 Å². The van der Waals surface area contributed by atoms with Gasteiger partial charge in [-0.1, -0.05) is 24.3 Å². The van der Waals surface area contributed by atoms with E-state index in [0.29, 0.717) is 12.6 Å². The smallest absolute Gasteiger partial charge is 0.261 e. The van der Waals surface area contributed by atoms with Crippen molar-refractivity contribution in [2.75, 3.05) is 6.61 Å². The Labute approximate surface area is 118 Å².